The summed E-state index contributed by atoms with van der Waals surface area (Å²) in [5.74, 6) is -0.920. The van der Waals surface area contributed by atoms with E-state index in [9.17, 15) is 24.0 Å². The number of benzene rings is 2. The molecule has 0 fully saturated rings. The van der Waals surface area contributed by atoms with Crippen molar-refractivity contribution < 1.29 is 33.5 Å². The molecular formula is C32H35NO7S-2. The smallest absolute Gasteiger partial charge is 0.144 e. The zero-order valence-corrected chi connectivity index (χ0v) is 24.0. The minimum atomic E-state index is -1.35. The Hall–Kier alpha value is -3.98. The van der Waals surface area contributed by atoms with Gasteiger partial charge in [0, 0.05) is 16.6 Å². The summed E-state index contributed by atoms with van der Waals surface area (Å²) in [6, 6.07) is 17.7. The van der Waals surface area contributed by atoms with Crippen molar-refractivity contribution in [3.8, 4) is 11.5 Å². The quantitative estimate of drug-likeness (QED) is 0.166. The van der Waals surface area contributed by atoms with E-state index in [0.29, 0.717) is 23.7 Å². The first-order valence-corrected chi connectivity index (χ1v) is 15.1. The van der Waals surface area contributed by atoms with Gasteiger partial charge in [0.05, 0.1) is 37.1 Å². The zero-order valence-electron chi connectivity index (χ0n) is 23.2. The number of hydrogen-bond donors (Lipinski definition) is 0. The Balaban J connectivity index is 1.42. The minimum absolute atomic E-state index is 0.0573. The number of carbonyl (C=O) groups is 2. The molecule has 0 amide bonds. The summed E-state index contributed by atoms with van der Waals surface area (Å²) in [4.78, 5) is 26.3. The van der Waals surface area contributed by atoms with Crippen LogP contribution in [-0.2, 0) is 33.5 Å². The van der Waals surface area contributed by atoms with Crippen LogP contribution in [0.1, 0.15) is 71.4 Å². The predicted molar refractivity (Wildman–Crippen MR) is 154 cm³/mol. The molecule has 1 heterocycles. The molecule has 8 nitrogen and oxygen atoms in total. The van der Waals surface area contributed by atoms with Crippen LogP contribution in [0.3, 0.4) is 0 Å². The fraction of sp³-hybridized carbons (Fsp3) is 0.344. The average Bonchev–Trinajstić information content (AvgIpc) is 2.96. The number of aryl methyl sites for hydroxylation is 1. The second kappa shape index (κ2) is 17.0. The standard InChI is InChI=1S/C32H37NO7S/c1-39-28-16-11-24(12-17-28)8-6-4-2-3-5-7-21-40-30-19-15-27(33-29(30)18-20-31(34)35)23-41(38)22-25-9-13-26(14-10-25)32(36)37/h9-20H,2-8,21-23H2,1H3,(H,34,35)(H,36,37)/p-2/b20-18+. The maximum Gasteiger partial charge on any atom is 0.144 e. The first kappa shape index (κ1) is 31.5. The summed E-state index contributed by atoms with van der Waals surface area (Å²) in [6.07, 6.45) is 9.75. The molecule has 2 aromatic carbocycles. The first-order chi connectivity index (χ1) is 19.8. The average molecular weight is 578 g/mol. The Labute approximate surface area is 243 Å². The van der Waals surface area contributed by atoms with Gasteiger partial charge in [0.15, 0.2) is 0 Å². The lowest BCUT2D eigenvalue weighted by Crippen LogP contribution is -2.22. The molecule has 0 N–H and O–H groups in total. The van der Waals surface area contributed by atoms with Crippen molar-refractivity contribution in [2.75, 3.05) is 13.7 Å². The number of aromatic nitrogens is 1. The number of hydrogen-bond acceptors (Lipinski definition) is 8. The van der Waals surface area contributed by atoms with Crippen molar-refractivity contribution in [2.45, 2.75) is 56.5 Å². The molecule has 0 aliphatic heterocycles. The Morgan fingerprint density at radius 3 is 2.15 bits per heavy atom. The van der Waals surface area contributed by atoms with E-state index in [1.807, 2.05) is 12.1 Å². The van der Waals surface area contributed by atoms with Gasteiger partial charge >= 0.3 is 0 Å². The molecule has 0 saturated heterocycles. The van der Waals surface area contributed by atoms with Crippen LogP contribution in [0.2, 0.25) is 0 Å². The van der Waals surface area contributed by atoms with Gasteiger partial charge in [-0.15, -0.1) is 0 Å². The number of nitrogens with zero attached hydrogens (tertiary/aromatic N) is 1. The lowest BCUT2D eigenvalue weighted by molar-refractivity contribution is -0.297. The van der Waals surface area contributed by atoms with E-state index in [2.05, 4.69) is 17.1 Å². The molecule has 0 bridgehead atoms. The van der Waals surface area contributed by atoms with Gasteiger partial charge < -0.3 is 29.3 Å². The Morgan fingerprint density at radius 2 is 1.49 bits per heavy atom. The molecule has 0 saturated carbocycles. The van der Waals surface area contributed by atoms with Gasteiger partial charge in [-0.25, -0.2) is 4.98 Å². The predicted octanol–water partition coefficient (Wildman–Crippen LogP) is 3.63. The van der Waals surface area contributed by atoms with E-state index in [0.717, 1.165) is 55.9 Å². The highest BCUT2D eigenvalue weighted by Crippen LogP contribution is 2.21. The lowest BCUT2D eigenvalue weighted by atomic mass is 10.0. The van der Waals surface area contributed by atoms with Gasteiger partial charge in [0.1, 0.15) is 17.2 Å². The molecule has 0 spiro atoms. The normalized spacial score (nSPS) is 11.8. The van der Waals surface area contributed by atoms with Crippen LogP contribution in [0.4, 0.5) is 0 Å². The van der Waals surface area contributed by atoms with Gasteiger partial charge in [-0.2, -0.15) is 0 Å². The van der Waals surface area contributed by atoms with Gasteiger partial charge in [0.2, 0.25) is 0 Å². The maximum absolute atomic E-state index is 12.7. The third-order valence-electron chi connectivity index (χ3n) is 6.42. The van der Waals surface area contributed by atoms with Crippen molar-refractivity contribution in [1.82, 2.24) is 4.98 Å². The van der Waals surface area contributed by atoms with Crippen molar-refractivity contribution in [3.63, 3.8) is 0 Å². The molecule has 3 aromatic rings. The fourth-order valence-corrected chi connectivity index (χ4v) is 5.38. The van der Waals surface area contributed by atoms with E-state index >= 15 is 0 Å². The van der Waals surface area contributed by atoms with Gasteiger partial charge in [-0.05, 0) is 72.4 Å². The van der Waals surface area contributed by atoms with Crippen LogP contribution in [0.25, 0.3) is 6.08 Å². The van der Waals surface area contributed by atoms with Crippen LogP contribution < -0.4 is 19.7 Å². The molecule has 3 rings (SSSR count). The van der Waals surface area contributed by atoms with E-state index in [4.69, 9.17) is 9.47 Å². The number of aliphatic carboxylic acids is 1. The van der Waals surface area contributed by atoms with E-state index in [1.165, 1.54) is 30.2 Å². The van der Waals surface area contributed by atoms with Crippen LogP contribution in [0, 0.1) is 0 Å². The Kier molecular flexibility index (Phi) is 13.1. The number of rotatable bonds is 18. The topological polar surface area (TPSA) is 129 Å². The number of pyridine rings is 1. The van der Waals surface area contributed by atoms with Crippen LogP contribution in [-0.4, -0.2) is 34.8 Å². The molecule has 0 aliphatic carbocycles. The van der Waals surface area contributed by atoms with Crippen LogP contribution in [0.5, 0.6) is 11.5 Å². The fourth-order valence-electron chi connectivity index (χ4n) is 4.22. The summed E-state index contributed by atoms with van der Waals surface area (Å²) in [5.41, 5.74) is 2.96. The molecule has 0 radical (unpaired) electrons. The third kappa shape index (κ3) is 11.6. The molecule has 1 unspecified atom stereocenters. The van der Waals surface area contributed by atoms with Crippen molar-refractivity contribution >= 4 is 28.8 Å². The number of unbranched alkanes of at least 4 members (excludes halogenated alkanes) is 5. The molecule has 9 heteroatoms. The molecule has 218 valence electrons. The van der Waals surface area contributed by atoms with Gasteiger partial charge in [-0.3, -0.25) is 4.21 Å². The summed E-state index contributed by atoms with van der Waals surface area (Å²) in [7, 11) is 0.352. The second-order valence-electron chi connectivity index (χ2n) is 9.62. The highest BCUT2D eigenvalue weighted by Gasteiger charge is 2.10. The summed E-state index contributed by atoms with van der Waals surface area (Å²) in [6.45, 7) is 0.479. The summed E-state index contributed by atoms with van der Waals surface area (Å²) < 4.78 is 23.8. The Morgan fingerprint density at radius 1 is 0.829 bits per heavy atom. The number of carbonyl (C=O) groups excluding carboxylic acids is 2. The zero-order chi connectivity index (χ0) is 29.5. The maximum atomic E-state index is 12.7. The monoisotopic (exact) mass is 577 g/mol. The summed E-state index contributed by atoms with van der Waals surface area (Å²) >= 11 is 0. The van der Waals surface area contributed by atoms with E-state index < -0.39 is 22.7 Å². The van der Waals surface area contributed by atoms with Crippen molar-refractivity contribution in [1.29, 1.82) is 0 Å². The highest BCUT2D eigenvalue weighted by molar-refractivity contribution is 7.83. The highest BCUT2D eigenvalue weighted by atomic mass is 32.2. The minimum Gasteiger partial charge on any atom is -0.545 e. The molecule has 1 atom stereocenters. The number of methoxy groups -OCH3 is 1. The molecule has 0 aliphatic rings. The van der Waals surface area contributed by atoms with Gasteiger partial charge in [0.25, 0.3) is 0 Å². The van der Waals surface area contributed by atoms with Crippen molar-refractivity contribution in [3.05, 3.63) is 94.8 Å². The second-order valence-corrected chi connectivity index (χ2v) is 11.1. The third-order valence-corrected chi connectivity index (χ3v) is 7.70. The van der Waals surface area contributed by atoms with Crippen molar-refractivity contribution in [2.24, 2.45) is 0 Å². The first-order valence-electron chi connectivity index (χ1n) is 13.6. The van der Waals surface area contributed by atoms with Crippen LogP contribution in [0.15, 0.2) is 66.7 Å². The molecular weight excluding hydrogens is 542 g/mol. The number of aromatic carboxylic acids is 1. The molecule has 41 heavy (non-hydrogen) atoms. The van der Waals surface area contributed by atoms with Gasteiger partial charge in [-0.1, -0.05) is 62.1 Å². The van der Waals surface area contributed by atoms with E-state index in [-0.39, 0.29) is 17.1 Å². The lowest BCUT2D eigenvalue weighted by Gasteiger charge is -2.11. The largest absolute Gasteiger partial charge is 0.545 e. The summed E-state index contributed by atoms with van der Waals surface area (Å²) in [5, 5.41) is 21.9. The Bertz CT molecular complexity index is 1320. The number of carboxylic acid groups (broad SMARTS) is 2. The van der Waals surface area contributed by atoms with Crippen LogP contribution >= 0.6 is 0 Å². The van der Waals surface area contributed by atoms with E-state index in [1.54, 1.807) is 31.4 Å². The molecule has 1 aromatic heterocycles. The number of ether oxygens (including phenoxy) is 2. The SMILES string of the molecule is COc1ccc(CCCCCCCCOc2ccc(CS(=O)Cc3ccc(C(=O)[O-])cc3)nc2/C=C/C(=O)[O-])cc1. The number of carboxylic acids is 2.